The summed E-state index contributed by atoms with van der Waals surface area (Å²) in [6.07, 6.45) is 1.58. The lowest BCUT2D eigenvalue weighted by Crippen LogP contribution is -2.29. The number of nitrogens with zero attached hydrogens (tertiary/aromatic N) is 3. The zero-order valence-electron chi connectivity index (χ0n) is 16.7. The molecule has 29 heavy (non-hydrogen) atoms. The third-order valence-electron chi connectivity index (χ3n) is 5.24. The Morgan fingerprint density at radius 3 is 2.62 bits per heavy atom. The summed E-state index contributed by atoms with van der Waals surface area (Å²) in [7, 11) is 1.66. The lowest BCUT2D eigenvalue weighted by molar-refractivity contribution is 0.408. The number of benzene rings is 2. The van der Waals surface area contributed by atoms with Crippen molar-refractivity contribution in [3.05, 3.63) is 73.9 Å². The van der Waals surface area contributed by atoms with Crippen molar-refractivity contribution < 1.29 is 4.74 Å². The number of aryl methyl sites for hydroxylation is 4. The molecule has 7 heteroatoms. The second-order valence-corrected chi connectivity index (χ2v) is 7.15. The fourth-order valence-corrected chi connectivity index (χ4v) is 3.61. The highest BCUT2D eigenvalue weighted by atomic mass is 16.5. The molecule has 2 aliphatic rings. The van der Waals surface area contributed by atoms with Crippen LogP contribution < -0.4 is 16.0 Å². The van der Waals surface area contributed by atoms with Gasteiger partial charge in [-0.05, 0) is 61.6 Å². The molecular formula is C22H22N4O3. The summed E-state index contributed by atoms with van der Waals surface area (Å²) in [5, 5.41) is 0. The van der Waals surface area contributed by atoms with Crippen LogP contribution in [0.3, 0.4) is 0 Å². The van der Waals surface area contributed by atoms with Crippen LogP contribution in [0, 0.1) is 13.8 Å². The van der Waals surface area contributed by atoms with Crippen molar-refractivity contribution in [2.75, 3.05) is 7.11 Å². The standard InChI is InChI=1S/C22H22N4O3/c1-13-11-16-17(12-14(13)2)26(20-19(23-16)21(27)25-22(28)24-20)10-6-8-15-7-4-5-9-18(15)29-3/h4-5,7,9,11-12H,6,8,10H2,1-3H3,(H,25,27,28). The summed E-state index contributed by atoms with van der Waals surface area (Å²) in [5.74, 6) is 1.17. The van der Waals surface area contributed by atoms with Gasteiger partial charge in [-0.3, -0.25) is 9.78 Å². The first-order valence-corrected chi connectivity index (χ1v) is 9.51. The molecule has 0 aromatic heterocycles. The Bertz CT molecular complexity index is 1290. The van der Waals surface area contributed by atoms with Gasteiger partial charge in [0.2, 0.25) is 0 Å². The Kier molecular flexibility index (Phi) is 4.88. The Hall–Kier alpha value is -3.48. The van der Waals surface area contributed by atoms with E-state index in [1.807, 2.05) is 54.8 Å². The molecule has 0 spiro atoms. The minimum Gasteiger partial charge on any atom is -0.496 e. The van der Waals surface area contributed by atoms with Gasteiger partial charge in [-0.2, -0.15) is 4.98 Å². The van der Waals surface area contributed by atoms with Crippen LogP contribution in [0.25, 0.3) is 22.6 Å². The maximum Gasteiger partial charge on any atom is 0.349 e. The van der Waals surface area contributed by atoms with Crippen LogP contribution in [0.1, 0.15) is 23.1 Å². The van der Waals surface area contributed by atoms with Crippen molar-refractivity contribution in [2.24, 2.45) is 0 Å². The topological polar surface area (TPSA) is 89.9 Å². The average Bonchev–Trinajstić information content (AvgIpc) is 2.70. The van der Waals surface area contributed by atoms with E-state index in [2.05, 4.69) is 15.0 Å². The van der Waals surface area contributed by atoms with Crippen LogP contribution in [0.15, 0.2) is 46.0 Å². The molecule has 0 unspecified atom stereocenters. The largest absolute Gasteiger partial charge is 0.496 e. The molecule has 0 atom stereocenters. The molecule has 0 aliphatic carbocycles. The number of ether oxygens (including phenoxy) is 1. The highest BCUT2D eigenvalue weighted by Crippen LogP contribution is 2.25. The summed E-state index contributed by atoms with van der Waals surface area (Å²) in [4.78, 5) is 35.0. The Labute approximate surface area is 167 Å². The van der Waals surface area contributed by atoms with E-state index in [9.17, 15) is 9.59 Å². The number of fused-ring (bicyclic) bond motifs is 2. The number of aromatic amines is 1. The average molecular weight is 390 g/mol. The van der Waals surface area contributed by atoms with Gasteiger partial charge in [0, 0.05) is 6.54 Å². The molecule has 0 amide bonds. The first kappa shape index (κ1) is 18.9. The molecule has 2 aliphatic heterocycles. The third kappa shape index (κ3) is 3.51. The lowest BCUT2D eigenvalue weighted by atomic mass is 10.1. The lowest BCUT2D eigenvalue weighted by Gasteiger charge is -2.18. The molecule has 7 nitrogen and oxygen atoms in total. The normalized spacial score (nSPS) is 11.3. The van der Waals surface area contributed by atoms with Gasteiger partial charge in [0.15, 0.2) is 11.5 Å². The number of para-hydroxylation sites is 1. The quantitative estimate of drug-likeness (QED) is 0.529. The fourth-order valence-electron chi connectivity index (χ4n) is 3.61. The summed E-state index contributed by atoms with van der Waals surface area (Å²) >= 11 is 0. The molecule has 148 valence electrons. The number of hydrogen-bond acceptors (Lipinski definition) is 5. The van der Waals surface area contributed by atoms with Crippen LogP contribution >= 0.6 is 0 Å². The SMILES string of the molecule is COc1ccccc1CCCn1c2nc(=O)[nH]c(=O)c-2nc2cc(C)c(C)cc21. The van der Waals surface area contributed by atoms with Crippen molar-refractivity contribution in [1.82, 2.24) is 19.5 Å². The van der Waals surface area contributed by atoms with Gasteiger partial charge in [-0.15, -0.1) is 0 Å². The number of nitrogens with one attached hydrogen (secondary N) is 1. The van der Waals surface area contributed by atoms with Gasteiger partial charge in [0.1, 0.15) is 5.75 Å². The number of rotatable bonds is 5. The maximum absolute atomic E-state index is 12.3. The van der Waals surface area contributed by atoms with Crippen LogP contribution in [0.5, 0.6) is 5.75 Å². The number of H-pyrrole nitrogens is 1. The Morgan fingerprint density at radius 2 is 1.83 bits per heavy atom. The predicted molar refractivity (Wildman–Crippen MR) is 112 cm³/mol. The van der Waals surface area contributed by atoms with Crippen molar-refractivity contribution in [1.29, 1.82) is 0 Å². The van der Waals surface area contributed by atoms with E-state index >= 15 is 0 Å². The number of hydrogen-bond donors (Lipinski definition) is 1. The summed E-state index contributed by atoms with van der Waals surface area (Å²) < 4.78 is 7.36. The minimum atomic E-state index is -0.661. The molecule has 0 fully saturated rings. The first-order valence-electron chi connectivity index (χ1n) is 9.51. The molecule has 0 bridgehead atoms. The van der Waals surface area contributed by atoms with Crippen molar-refractivity contribution in [2.45, 2.75) is 33.2 Å². The van der Waals surface area contributed by atoms with Crippen LogP contribution in [-0.4, -0.2) is 26.6 Å². The zero-order chi connectivity index (χ0) is 20.5. The fraction of sp³-hybridized carbons (Fsp3) is 0.273. The molecule has 0 saturated carbocycles. The Balaban J connectivity index is 1.81. The minimum absolute atomic E-state index is 0.178. The van der Waals surface area contributed by atoms with Gasteiger partial charge in [0.05, 0.1) is 18.1 Å². The highest BCUT2D eigenvalue weighted by Gasteiger charge is 2.19. The molecule has 2 aromatic carbocycles. The molecule has 2 heterocycles. The third-order valence-corrected chi connectivity index (χ3v) is 5.24. The molecule has 1 N–H and O–H groups in total. The molecule has 2 aromatic rings. The summed E-state index contributed by atoms with van der Waals surface area (Å²) in [6, 6.07) is 11.9. The second kappa shape index (κ2) is 7.50. The molecule has 0 radical (unpaired) electrons. The van der Waals surface area contributed by atoms with E-state index < -0.39 is 11.2 Å². The summed E-state index contributed by atoms with van der Waals surface area (Å²) in [6.45, 7) is 4.63. The number of aromatic nitrogens is 4. The number of methoxy groups -OCH3 is 1. The van der Waals surface area contributed by atoms with E-state index in [0.717, 1.165) is 40.8 Å². The van der Waals surface area contributed by atoms with Gasteiger partial charge >= 0.3 is 5.69 Å². The van der Waals surface area contributed by atoms with E-state index in [4.69, 9.17) is 4.74 Å². The van der Waals surface area contributed by atoms with E-state index in [0.29, 0.717) is 17.9 Å². The molecular weight excluding hydrogens is 368 g/mol. The van der Waals surface area contributed by atoms with Gasteiger partial charge < -0.3 is 9.30 Å². The Morgan fingerprint density at radius 1 is 1.07 bits per heavy atom. The van der Waals surface area contributed by atoms with E-state index in [1.165, 1.54) is 0 Å². The zero-order valence-corrected chi connectivity index (χ0v) is 16.7. The van der Waals surface area contributed by atoms with Gasteiger partial charge in [0.25, 0.3) is 5.56 Å². The predicted octanol–water partition coefficient (Wildman–Crippen LogP) is 2.84. The smallest absolute Gasteiger partial charge is 0.349 e. The molecule has 0 saturated heterocycles. The first-order chi connectivity index (χ1) is 14.0. The van der Waals surface area contributed by atoms with Crippen LogP contribution in [0.2, 0.25) is 0 Å². The second-order valence-electron chi connectivity index (χ2n) is 7.15. The highest BCUT2D eigenvalue weighted by molar-refractivity contribution is 5.81. The molecule has 4 rings (SSSR count). The monoisotopic (exact) mass is 390 g/mol. The van der Waals surface area contributed by atoms with Crippen LogP contribution in [-0.2, 0) is 13.0 Å². The van der Waals surface area contributed by atoms with Gasteiger partial charge in [-0.25, -0.2) is 9.78 Å². The van der Waals surface area contributed by atoms with Crippen molar-refractivity contribution in [3.63, 3.8) is 0 Å². The van der Waals surface area contributed by atoms with E-state index in [1.54, 1.807) is 7.11 Å². The van der Waals surface area contributed by atoms with Crippen LogP contribution in [0.4, 0.5) is 0 Å². The summed E-state index contributed by atoms with van der Waals surface area (Å²) in [5.41, 5.74) is 3.89. The van der Waals surface area contributed by atoms with Crippen molar-refractivity contribution in [3.8, 4) is 17.3 Å². The maximum atomic E-state index is 12.3. The van der Waals surface area contributed by atoms with Gasteiger partial charge in [-0.1, -0.05) is 18.2 Å². The van der Waals surface area contributed by atoms with E-state index in [-0.39, 0.29) is 5.69 Å². The van der Waals surface area contributed by atoms with Crippen molar-refractivity contribution >= 4 is 11.0 Å².